The molecular formula is C23H25FeNO+2. The number of nitrogens with zero attached hydrogens (tertiary/aromatic N) is 1. The van der Waals surface area contributed by atoms with Crippen LogP contribution in [0.4, 0.5) is 0 Å². The molecule has 1 atom stereocenters. The molecule has 134 valence electrons. The van der Waals surface area contributed by atoms with Crippen molar-refractivity contribution < 1.29 is 21.8 Å². The molecule has 0 bridgehead atoms. The molecule has 10 radical (unpaired) electrons. The molecule has 0 unspecified atom stereocenters. The summed E-state index contributed by atoms with van der Waals surface area (Å²) >= 11 is 0. The zero-order valence-corrected chi connectivity index (χ0v) is 16.6. The molecule has 2 nitrogen and oxygen atoms in total. The van der Waals surface area contributed by atoms with Crippen LogP contribution in [-0.2, 0) is 21.8 Å². The summed E-state index contributed by atoms with van der Waals surface area (Å²) in [7, 11) is 0. The van der Waals surface area contributed by atoms with Gasteiger partial charge in [-0.3, -0.25) is 0 Å². The third-order valence-electron chi connectivity index (χ3n) is 4.34. The molecule has 3 heteroatoms. The van der Waals surface area contributed by atoms with Gasteiger partial charge in [-0.1, -0.05) is 51.1 Å². The number of rotatable bonds is 2. The first-order valence-electron chi connectivity index (χ1n) is 8.74. The fourth-order valence-electron chi connectivity index (χ4n) is 2.76. The molecule has 1 heterocycles. The normalized spacial score (nSPS) is 23.7. The van der Waals surface area contributed by atoms with Gasteiger partial charge in [-0.15, -0.1) is 0 Å². The number of hydrogen-bond donors (Lipinski definition) is 0. The third kappa shape index (κ3) is 5.60. The van der Waals surface area contributed by atoms with Gasteiger partial charge >= 0.3 is 17.1 Å². The number of ether oxygens (including phenoxy) is 1. The first-order chi connectivity index (χ1) is 12.1. The molecule has 0 amide bonds. The standard InChI is InChI=1S/C18H20NO.C5H5.Fe/c1-18(2,3)16-12-20-17(19-16)15-11-7-10-14(15)13-8-5-4-6-9-13;1-2-4-5-3-1;/h4-11,16H,12H2,1-3H3;1-5H;/q;;+2/t16-;;/m1../s1. The van der Waals surface area contributed by atoms with E-state index in [1.165, 1.54) is 11.5 Å². The van der Waals surface area contributed by atoms with Crippen LogP contribution in [0.2, 0.25) is 0 Å². The third-order valence-corrected chi connectivity index (χ3v) is 4.34. The Hall–Kier alpha value is -0.791. The van der Waals surface area contributed by atoms with E-state index in [2.05, 4.69) is 64.3 Å². The van der Waals surface area contributed by atoms with E-state index in [1.807, 2.05) is 38.2 Å². The van der Waals surface area contributed by atoms with E-state index in [1.54, 1.807) is 0 Å². The smallest absolute Gasteiger partial charge is 0.478 e. The van der Waals surface area contributed by atoms with Gasteiger partial charge in [0.15, 0.2) is 5.90 Å². The van der Waals surface area contributed by atoms with Crippen molar-refractivity contribution in [2.45, 2.75) is 26.8 Å². The van der Waals surface area contributed by atoms with Gasteiger partial charge in [-0.05, 0) is 62.3 Å². The predicted octanol–water partition coefficient (Wildman–Crippen LogP) is 4.67. The summed E-state index contributed by atoms with van der Waals surface area (Å²) in [6.07, 6.45) is 16.3. The van der Waals surface area contributed by atoms with Crippen LogP contribution in [0.3, 0.4) is 0 Å². The molecule has 0 saturated heterocycles. The van der Waals surface area contributed by atoms with Gasteiger partial charge in [-0.2, -0.15) is 0 Å². The largest absolute Gasteiger partial charge is 2.00 e. The summed E-state index contributed by atoms with van der Waals surface area (Å²) < 4.78 is 5.85. The van der Waals surface area contributed by atoms with Gasteiger partial charge in [0.2, 0.25) is 0 Å². The van der Waals surface area contributed by atoms with Gasteiger partial charge in [0.1, 0.15) is 6.61 Å². The molecule has 1 aliphatic heterocycles. The Morgan fingerprint density at radius 1 is 0.846 bits per heavy atom. The summed E-state index contributed by atoms with van der Waals surface area (Å²) in [5.74, 6) is 3.08. The molecule has 2 fully saturated rings. The van der Waals surface area contributed by atoms with Crippen LogP contribution in [0.1, 0.15) is 26.3 Å². The van der Waals surface area contributed by atoms with E-state index < -0.39 is 0 Å². The minimum Gasteiger partial charge on any atom is -0.478 e. The van der Waals surface area contributed by atoms with Crippen LogP contribution >= 0.6 is 0 Å². The summed E-state index contributed by atoms with van der Waals surface area (Å²) in [6, 6.07) is 10.6. The second-order valence-electron chi connectivity index (χ2n) is 7.31. The first-order valence-corrected chi connectivity index (χ1v) is 8.74. The quantitative estimate of drug-likeness (QED) is 0.676. The molecule has 1 aromatic rings. The van der Waals surface area contributed by atoms with Crippen molar-refractivity contribution in [3.05, 3.63) is 99.1 Å². The summed E-state index contributed by atoms with van der Waals surface area (Å²) in [5.41, 5.74) is 1.35. The Labute approximate surface area is 170 Å². The SMILES string of the molecule is CC(C)(C)[C@H]1COC([C]2[CH][CH][CH][C]2c2ccccc2)=N1.[CH]1[CH][CH][CH][CH]1.[Fe+2]. The molecule has 0 N–H and O–H groups in total. The van der Waals surface area contributed by atoms with Crippen molar-refractivity contribution >= 4 is 5.90 Å². The Balaban J connectivity index is 0.000000351. The molecule has 1 aromatic carbocycles. The maximum absolute atomic E-state index is 5.85. The molecule has 0 spiro atoms. The second-order valence-corrected chi connectivity index (χ2v) is 7.31. The monoisotopic (exact) mass is 387 g/mol. The zero-order chi connectivity index (χ0) is 17.7. The Bertz CT molecular complexity index is 552. The van der Waals surface area contributed by atoms with Crippen molar-refractivity contribution in [2.24, 2.45) is 10.4 Å². The van der Waals surface area contributed by atoms with Gasteiger partial charge in [0, 0.05) is 5.92 Å². The van der Waals surface area contributed by atoms with Gasteiger partial charge in [0.25, 0.3) is 0 Å². The van der Waals surface area contributed by atoms with E-state index in [0.717, 1.165) is 11.8 Å². The topological polar surface area (TPSA) is 21.6 Å². The predicted molar refractivity (Wildman–Crippen MR) is 103 cm³/mol. The number of aliphatic imine (C=N–C) groups is 1. The molecule has 3 aliphatic rings. The van der Waals surface area contributed by atoms with E-state index in [-0.39, 0.29) is 28.5 Å². The van der Waals surface area contributed by atoms with Crippen molar-refractivity contribution in [1.82, 2.24) is 0 Å². The van der Waals surface area contributed by atoms with Crippen molar-refractivity contribution in [3.8, 4) is 0 Å². The van der Waals surface area contributed by atoms with E-state index in [4.69, 9.17) is 9.73 Å². The zero-order valence-electron chi connectivity index (χ0n) is 15.5. The van der Waals surface area contributed by atoms with Crippen LogP contribution in [0.5, 0.6) is 0 Å². The summed E-state index contributed by atoms with van der Waals surface area (Å²) in [5, 5.41) is 0. The fourth-order valence-corrected chi connectivity index (χ4v) is 2.76. The molecule has 2 aliphatic carbocycles. The average molecular weight is 387 g/mol. The first kappa shape index (κ1) is 21.5. The van der Waals surface area contributed by atoms with Crippen molar-refractivity contribution in [2.75, 3.05) is 6.61 Å². The molecular weight excluding hydrogens is 362 g/mol. The van der Waals surface area contributed by atoms with E-state index >= 15 is 0 Å². The van der Waals surface area contributed by atoms with Crippen LogP contribution in [0.15, 0.2) is 35.3 Å². The maximum atomic E-state index is 5.85. The Kier molecular flexibility index (Phi) is 8.23. The van der Waals surface area contributed by atoms with Gasteiger partial charge in [-0.25, -0.2) is 4.99 Å². The number of hydrogen-bond acceptors (Lipinski definition) is 2. The molecule has 0 aromatic heterocycles. The van der Waals surface area contributed by atoms with Crippen LogP contribution in [0.25, 0.3) is 0 Å². The minimum atomic E-state index is 0. The Morgan fingerprint density at radius 2 is 1.42 bits per heavy atom. The minimum absolute atomic E-state index is 0. The average Bonchev–Trinajstić information content (AvgIpc) is 3.36. The Morgan fingerprint density at radius 3 is 1.96 bits per heavy atom. The van der Waals surface area contributed by atoms with Crippen molar-refractivity contribution in [3.63, 3.8) is 0 Å². The van der Waals surface area contributed by atoms with Crippen molar-refractivity contribution in [1.29, 1.82) is 0 Å². The summed E-state index contributed by atoms with van der Waals surface area (Å²) in [4.78, 5) is 4.78. The number of benzene rings is 1. The van der Waals surface area contributed by atoms with Crippen LogP contribution in [0, 0.1) is 68.6 Å². The molecule has 4 rings (SSSR count). The van der Waals surface area contributed by atoms with E-state index in [9.17, 15) is 0 Å². The maximum Gasteiger partial charge on any atom is 2.00 e. The van der Waals surface area contributed by atoms with Crippen LogP contribution in [-0.4, -0.2) is 18.5 Å². The molecule has 2 saturated carbocycles. The fraction of sp³-hybridized carbons (Fsp3) is 0.261. The summed E-state index contributed by atoms with van der Waals surface area (Å²) in [6.45, 7) is 7.29. The van der Waals surface area contributed by atoms with Gasteiger partial charge in [0.05, 0.1) is 12.0 Å². The van der Waals surface area contributed by atoms with Crippen LogP contribution < -0.4 is 0 Å². The van der Waals surface area contributed by atoms with Gasteiger partial charge < -0.3 is 4.74 Å². The second kappa shape index (κ2) is 9.95. The molecule has 26 heavy (non-hydrogen) atoms. The van der Waals surface area contributed by atoms with E-state index in [0.29, 0.717) is 6.61 Å².